The van der Waals surface area contributed by atoms with E-state index in [4.69, 9.17) is 4.74 Å². The van der Waals surface area contributed by atoms with Crippen molar-refractivity contribution in [2.24, 2.45) is 5.92 Å². The van der Waals surface area contributed by atoms with Crippen molar-refractivity contribution < 1.29 is 22.7 Å². The largest absolute Gasteiger partial charge is 0.497 e. The van der Waals surface area contributed by atoms with E-state index < -0.39 is 28.5 Å². The zero-order chi connectivity index (χ0) is 32.4. The minimum absolute atomic E-state index is 0.0502. The number of nitrogens with one attached hydrogen (secondary N) is 1. The van der Waals surface area contributed by atoms with E-state index in [1.54, 1.807) is 42.5 Å². The van der Waals surface area contributed by atoms with Crippen molar-refractivity contribution in [3.63, 3.8) is 0 Å². The molecule has 0 aliphatic heterocycles. The Balaban J connectivity index is 1.78. The molecule has 4 aromatic rings. The molecule has 0 saturated heterocycles. The van der Waals surface area contributed by atoms with Gasteiger partial charge in [0.05, 0.1) is 17.7 Å². The maximum Gasteiger partial charge on any atom is 0.264 e. The molecule has 4 aromatic carbocycles. The second-order valence-corrected chi connectivity index (χ2v) is 13.2. The quantitative estimate of drug-likeness (QED) is 0.196. The number of carbonyl (C=O) groups is 2. The lowest BCUT2D eigenvalue weighted by atomic mass is 10.0. The minimum Gasteiger partial charge on any atom is -0.497 e. The number of hydrogen-bond acceptors (Lipinski definition) is 5. The van der Waals surface area contributed by atoms with Crippen molar-refractivity contribution in [1.82, 2.24) is 10.2 Å². The number of aryl methyl sites for hydroxylation is 1. The molecule has 1 unspecified atom stereocenters. The third-order valence-corrected chi connectivity index (χ3v) is 9.19. The van der Waals surface area contributed by atoms with E-state index in [1.165, 1.54) is 24.1 Å². The Morgan fingerprint density at radius 2 is 1.40 bits per heavy atom. The highest BCUT2D eigenvalue weighted by atomic mass is 32.2. The molecule has 0 saturated carbocycles. The normalized spacial score (nSPS) is 11.9. The Morgan fingerprint density at radius 3 is 1.98 bits per heavy atom. The van der Waals surface area contributed by atoms with Crippen LogP contribution in [-0.4, -0.2) is 51.4 Å². The van der Waals surface area contributed by atoms with Gasteiger partial charge in [0.25, 0.3) is 10.0 Å². The Morgan fingerprint density at radius 1 is 0.800 bits per heavy atom. The van der Waals surface area contributed by atoms with Crippen LogP contribution in [0.3, 0.4) is 0 Å². The maximum atomic E-state index is 14.5. The molecule has 1 atom stereocenters. The van der Waals surface area contributed by atoms with Crippen molar-refractivity contribution >= 4 is 27.5 Å². The van der Waals surface area contributed by atoms with E-state index in [0.29, 0.717) is 18.0 Å². The van der Waals surface area contributed by atoms with Crippen LogP contribution in [0, 0.1) is 12.8 Å². The van der Waals surface area contributed by atoms with Crippen LogP contribution in [0.2, 0.25) is 0 Å². The number of hydrogen-bond donors (Lipinski definition) is 1. The van der Waals surface area contributed by atoms with Gasteiger partial charge < -0.3 is 15.0 Å². The van der Waals surface area contributed by atoms with Crippen LogP contribution >= 0.6 is 0 Å². The summed E-state index contributed by atoms with van der Waals surface area (Å²) in [5.74, 6) is -0.0523. The van der Waals surface area contributed by atoms with Gasteiger partial charge in [0, 0.05) is 19.5 Å². The standard InChI is InChI=1S/C36H41N3O5S/c1-27(2)24-37-36(41)34(23-29-11-7-5-8-12-29)38(25-30-17-15-28(3)16-18-30)35(40)26-39(31-19-21-32(44-4)22-20-31)45(42,43)33-13-9-6-10-14-33/h5-22,27,34H,23-26H2,1-4H3,(H,37,41). The van der Waals surface area contributed by atoms with E-state index in [0.717, 1.165) is 21.0 Å². The zero-order valence-electron chi connectivity index (χ0n) is 26.2. The van der Waals surface area contributed by atoms with Gasteiger partial charge in [-0.1, -0.05) is 92.2 Å². The van der Waals surface area contributed by atoms with E-state index in [9.17, 15) is 18.0 Å². The predicted octanol–water partition coefficient (Wildman–Crippen LogP) is 5.61. The molecule has 0 bridgehead atoms. The second kappa shape index (κ2) is 15.4. The fourth-order valence-electron chi connectivity index (χ4n) is 4.86. The number of benzene rings is 4. The number of ether oxygens (including phenoxy) is 1. The van der Waals surface area contributed by atoms with E-state index in [-0.39, 0.29) is 29.7 Å². The molecule has 9 heteroatoms. The first-order valence-corrected chi connectivity index (χ1v) is 16.4. The topological polar surface area (TPSA) is 96.0 Å². The maximum absolute atomic E-state index is 14.5. The Labute approximate surface area is 266 Å². The van der Waals surface area contributed by atoms with Crippen LogP contribution in [-0.2, 0) is 32.6 Å². The number of methoxy groups -OCH3 is 1. The summed E-state index contributed by atoms with van der Waals surface area (Å²) in [6.07, 6.45) is 0.260. The van der Waals surface area contributed by atoms with Crippen LogP contribution in [0.1, 0.15) is 30.5 Å². The van der Waals surface area contributed by atoms with Gasteiger partial charge in [-0.25, -0.2) is 8.42 Å². The van der Waals surface area contributed by atoms with Crippen LogP contribution < -0.4 is 14.4 Å². The summed E-state index contributed by atoms with van der Waals surface area (Å²) in [5, 5.41) is 3.01. The summed E-state index contributed by atoms with van der Waals surface area (Å²) in [6, 6.07) is 30.9. The molecular weight excluding hydrogens is 586 g/mol. The number of sulfonamides is 1. The van der Waals surface area contributed by atoms with Crippen LogP contribution in [0.4, 0.5) is 5.69 Å². The summed E-state index contributed by atoms with van der Waals surface area (Å²) in [4.78, 5) is 29.9. The monoisotopic (exact) mass is 627 g/mol. The molecule has 8 nitrogen and oxygen atoms in total. The van der Waals surface area contributed by atoms with E-state index in [2.05, 4.69) is 5.32 Å². The van der Waals surface area contributed by atoms with Crippen molar-refractivity contribution in [2.75, 3.05) is 24.5 Å². The highest BCUT2D eigenvalue weighted by Crippen LogP contribution is 2.27. The number of nitrogens with zero attached hydrogens (tertiary/aromatic N) is 2. The molecule has 1 N–H and O–H groups in total. The first kappa shape index (κ1) is 33.3. The molecule has 0 aromatic heterocycles. The summed E-state index contributed by atoms with van der Waals surface area (Å²) in [7, 11) is -2.64. The number of anilines is 1. The summed E-state index contributed by atoms with van der Waals surface area (Å²) in [5.41, 5.74) is 3.07. The lowest BCUT2D eigenvalue weighted by Crippen LogP contribution is -2.53. The molecule has 45 heavy (non-hydrogen) atoms. The molecule has 0 aliphatic rings. The summed E-state index contributed by atoms with van der Waals surface area (Å²) < 4.78 is 34.5. The first-order valence-electron chi connectivity index (χ1n) is 15.0. The summed E-state index contributed by atoms with van der Waals surface area (Å²) >= 11 is 0. The van der Waals surface area contributed by atoms with Gasteiger partial charge in [-0.3, -0.25) is 13.9 Å². The Bertz CT molecular complexity index is 1640. The van der Waals surface area contributed by atoms with Gasteiger partial charge in [-0.2, -0.15) is 0 Å². The van der Waals surface area contributed by atoms with E-state index >= 15 is 0 Å². The fourth-order valence-corrected chi connectivity index (χ4v) is 6.30. The average Bonchev–Trinajstić information content (AvgIpc) is 3.05. The highest BCUT2D eigenvalue weighted by Gasteiger charge is 2.34. The molecule has 0 aliphatic carbocycles. The molecule has 4 rings (SSSR count). The number of amides is 2. The fraction of sp³-hybridized carbons (Fsp3) is 0.278. The third kappa shape index (κ3) is 8.95. The number of carbonyl (C=O) groups excluding carboxylic acids is 2. The summed E-state index contributed by atoms with van der Waals surface area (Å²) in [6.45, 7) is 6.03. The highest BCUT2D eigenvalue weighted by molar-refractivity contribution is 7.92. The lowest BCUT2D eigenvalue weighted by molar-refractivity contribution is -0.140. The predicted molar refractivity (Wildman–Crippen MR) is 177 cm³/mol. The molecular formula is C36H41N3O5S. The molecule has 2 amide bonds. The minimum atomic E-state index is -4.16. The molecule has 0 spiro atoms. The second-order valence-electron chi connectivity index (χ2n) is 11.4. The average molecular weight is 628 g/mol. The van der Waals surface area contributed by atoms with Crippen molar-refractivity contribution in [1.29, 1.82) is 0 Å². The SMILES string of the molecule is COc1ccc(N(CC(=O)N(Cc2ccc(C)cc2)C(Cc2ccccc2)C(=O)NCC(C)C)S(=O)(=O)c2ccccc2)cc1. The third-order valence-electron chi connectivity index (χ3n) is 7.40. The lowest BCUT2D eigenvalue weighted by Gasteiger charge is -2.34. The van der Waals surface area contributed by atoms with Gasteiger partial charge >= 0.3 is 0 Å². The van der Waals surface area contributed by atoms with Crippen molar-refractivity contribution in [3.05, 3.63) is 126 Å². The van der Waals surface area contributed by atoms with Gasteiger partial charge in [-0.15, -0.1) is 0 Å². The van der Waals surface area contributed by atoms with Gasteiger partial charge in [-0.05, 0) is 60.4 Å². The first-order chi connectivity index (χ1) is 21.6. The van der Waals surface area contributed by atoms with Crippen molar-refractivity contribution in [2.45, 2.75) is 44.7 Å². The Kier molecular flexibility index (Phi) is 11.4. The molecule has 0 radical (unpaired) electrons. The van der Waals surface area contributed by atoms with Crippen LogP contribution in [0.25, 0.3) is 0 Å². The van der Waals surface area contributed by atoms with E-state index in [1.807, 2.05) is 75.4 Å². The van der Waals surface area contributed by atoms with Crippen molar-refractivity contribution in [3.8, 4) is 5.75 Å². The smallest absolute Gasteiger partial charge is 0.264 e. The van der Waals surface area contributed by atoms with Gasteiger partial charge in [0.1, 0.15) is 18.3 Å². The van der Waals surface area contributed by atoms with Crippen LogP contribution in [0.15, 0.2) is 114 Å². The molecule has 0 heterocycles. The molecule has 0 fully saturated rings. The number of rotatable bonds is 14. The van der Waals surface area contributed by atoms with Gasteiger partial charge in [0.15, 0.2) is 0 Å². The zero-order valence-corrected chi connectivity index (χ0v) is 27.0. The van der Waals surface area contributed by atoms with Gasteiger partial charge in [0.2, 0.25) is 11.8 Å². The molecule has 236 valence electrons. The Hall–Kier alpha value is -4.63. The van der Waals surface area contributed by atoms with Crippen LogP contribution in [0.5, 0.6) is 5.75 Å².